The van der Waals surface area contributed by atoms with Crippen molar-refractivity contribution in [3.05, 3.63) is 35.9 Å². The molecule has 0 aromatic heterocycles. The van der Waals surface area contributed by atoms with Gasteiger partial charge in [-0.15, -0.1) is 0 Å². The topological polar surface area (TPSA) is 49.4 Å². The number of carbonyl (C=O) groups is 2. The van der Waals surface area contributed by atoms with Crippen molar-refractivity contribution in [2.24, 2.45) is 10.8 Å². The van der Waals surface area contributed by atoms with E-state index in [9.17, 15) is 9.59 Å². The molecule has 4 rings (SSSR count). The summed E-state index contributed by atoms with van der Waals surface area (Å²) in [7, 11) is 0. The smallest absolute Gasteiger partial charge is 0.318 e. The average molecular weight is 298 g/mol. The molecule has 1 saturated carbocycles. The largest absolute Gasteiger partial charge is 0.330 e. The molecular weight excluding hydrogens is 276 g/mol. The predicted octanol–water partition coefficient (Wildman–Crippen LogP) is 2.90. The number of ketones is 1. The molecule has 2 amide bonds. The van der Waals surface area contributed by atoms with Crippen LogP contribution in [0.3, 0.4) is 0 Å². The summed E-state index contributed by atoms with van der Waals surface area (Å²) in [5, 5.41) is 3.13. The minimum absolute atomic E-state index is 0.0126. The minimum Gasteiger partial charge on any atom is -0.330 e. The first-order chi connectivity index (χ1) is 10.5. The summed E-state index contributed by atoms with van der Waals surface area (Å²) < 4.78 is 0. The number of nitrogens with zero attached hydrogens (tertiary/aromatic N) is 1. The van der Waals surface area contributed by atoms with Gasteiger partial charge in [-0.05, 0) is 37.2 Å². The molecule has 4 heteroatoms. The van der Waals surface area contributed by atoms with Gasteiger partial charge in [-0.2, -0.15) is 0 Å². The fourth-order valence-electron chi connectivity index (χ4n) is 5.37. The van der Waals surface area contributed by atoms with Crippen molar-refractivity contribution >= 4 is 11.8 Å². The Kier molecular flexibility index (Phi) is 2.72. The van der Waals surface area contributed by atoms with E-state index in [1.165, 1.54) is 0 Å². The normalized spacial score (nSPS) is 39.5. The van der Waals surface area contributed by atoms with Crippen LogP contribution in [0.25, 0.3) is 0 Å². The van der Waals surface area contributed by atoms with E-state index in [1.54, 1.807) is 6.92 Å². The highest BCUT2D eigenvalue weighted by Crippen LogP contribution is 2.67. The lowest BCUT2D eigenvalue weighted by atomic mass is 9.42. The van der Waals surface area contributed by atoms with Crippen molar-refractivity contribution < 1.29 is 9.59 Å². The Morgan fingerprint density at radius 1 is 1.32 bits per heavy atom. The zero-order chi connectivity index (χ0) is 15.5. The lowest BCUT2D eigenvalue weighted by Crippen LogP contribution is -2.79. The number of nitrogens with one attached hydrogen (secondary N) is 1. The SMILES string of the molecule is CC(=O)[C@]12C[C@]3(C)CCCN(C(=O)N[C@@H]1c1ccccc1)C32. The minimum atomic E-state index is -0.468. The first-order valence-electron chi connectivity index (χ1n) is 8.12. The molecule has 3 fully saturated rings. The van der Waals surface area contributed by atoms with Gasteiger partial charge in [0.2, 0.25) is 0 Å². The first-order valence-corrected chi connectivity index (χ1v) is 8.12. The van der Waals surface area contributed by atoms with E-state index in [0.717, 1.165) is 31.4 Å². The Hall–Kier alpha value is -1.84. The molecule has 0 bridgehead atoms. The molecule has 0 spiro atoms. The van der Waals surface area contributed by atoms with Gasteiger partial charge >= 0.3 is 6.03 Å². The highest BCUT2D eigenvalue weighted by Gasteiger charge is 2.72. The van der Waals surface area contributed by atoms with Gasteiger partial charge in [0.05, 0.1) is 17.5 Å². The molecule has 2 saturated heterocycles. The van der Waals surface area contributed by atoms with Gasteiger partial charge in [0.25, 0.3) is 0 Å². The number of hydrogen-bond donors (Lipinski definition) is 1. The lowest BCUT2D eigenvalue weighted by Gasteiger charge is -2.70. The monoisotopic (exact) mass is 298 g/mol. The number of Topliss-reactive ketones (excluding diaryl/α,β-unsaturated/α-hetero) is 1. The molecule has 1 aromatic carbocycles. The van der Waals surface area contributed by atoms with Crippen LogP contribution in [-0.2, 0) is 4.79 Å². The van der Waals surface area contributed by atoms with E-state index in [0.29, 0.717) is 0 Å². The fourth-order valence-corrected chi connectivity index (χ4v) is 5.37. The summed E-state index contributed by atoms with van der Waals surface area (Å²) in [5.74, 6) is 0.204. The number of carbonyl (C=O) groups excluding carboxylic acids is 2. The van der Waals surface area contributed by atoms with E-state index >= 15 is 0 Å². The molecule has 1 aliphatic carbocycles. The summed E-state index contributed by atoms with van der Waals surface area (Å²) in [4.78, 5) is 27.2. The molecule has 0 radical (unpaired) electrons. The molecule has 116 valence electrons. The van der Waals surface area contributed by atoms with Crippen LogP contribution in [0, 0.1) is 10.8 Å². The molecule has 3 aliphatic rings. The van der Waals surface area contributed by atoms with Gasteiger partial charge in [0.15, 0.2) is 0 Å². The van der Waals surface area contributed by atoms with Gasteiger partial charge in [0, 0.05) is 6.54 Å². The van der Waals surface area contributed by atoms with Gasteiger partial charge < -0.3 is 10.2 Å². The van der Waals surface area contributed by atoms with Crippen LogP contribution in [0.5, 0.6) is 0 Å². The van der Waals surface area contributed by atoms with Crippen molar-refractivity contribution in [1.29, 1.82) is 0 Å². The summed E-state index contributed by atoms with van der Waals surface area (Å²) in [6.45, 7) is 4.70. The molecule has 1 aromatic rings. The summed E-state index contributed by atoms with van der Waals surface area (Å²) in [6.07, 6.45) is 3.01. The predicted molar refractivity (Wildman–Crippen MR) is 83.3 cm³/mol. The quantitative estimate of drug-likeness (QED) is 0.912. The van der Waals surface area contributed by atoms with Gasteiger partial charge in [-0.25, -0.2) is 4.79 Å². The van der Waals surface area contributed by atoms with Crippen LogP contribution in [0.2, 0.25) is 0 Å². The third-order valence-electron chi connectivity index (χ3n) is 6.14. The zero-order valence-corrected chi connectivity index (χ0v) is 13.1. The summed E-state index contributed by atoms with van der Waals surface area (Å²) >= 11 is 0. The van der Waals surface area contributed by atoms with Gasteiger partial charge in [-0.1, -0.05) is 37.3 Å². The standard InChI is InChI=1S/C18H22N2O2/c1-12(21)18-11-17(2)9-6-10-20(15(17)18)16(22)19-14(18)13-7-4-3-5-8-13/h3-5,7-8,14-15H,6,9-11H2,1-2H3,(H,19,22)/t14-,15?,17+,18-/m1/s1. The number of piperidine rings is 1. The second-order valence-electron chi connectivity index (χ2n) is 7.42. The zero-order valence-electron chi connectivity index (χ0n) is 13.1. The Balaban J connectivity index is 1.84. The molecule has 1 N–H and O–H groups in total. The van der Waals surface area contributed by atoms with E-state index in [-0.39, 0.29) is 29.3 Å². The molecule has 2 aliphatic heterocycles. The van der Waals surface area contributed by atoms with Gasteiger partial charge in [-0.3, -0.25) is 4.79 Å². The fraction of sp³-hybridized carbons (Fsp3) is 0.556. The van der Waals surface area contributed by atoms with E-state index in [2.05, 4.69) is 12.2 Å². The number of benzene rings is 1. The van der Waals surface area contributed by atoms with Crippen LogP contribution >= 0.6 is 0 Å². The van der Waals surface area contributed by atoms with E-state index in [1.807, 2.05) is 35.2 Å². The lowest BCUT2D eigenvalue weighted by molar-refractivity contribution is -0.190. The Morgan fingerprint density at radius 3 is 2.73 bits per heavy atom. The number of hydrogen-bond acceptors (Lipinski definition) is 2. The Morgan fingerprint density at radius 2 is 2.05 bits per heavy atom. The third-order valence-corrected chi connectivity index (χ3v) is 6.14. The summed E-state index contributed by atoms with van der Waals surface area (Å²) in [6, 6.07) is 9.78. The number of amides is 2. The number of urea groups is 1. The van der Waals surface area contributed by atoms with Crippen molar-refractivity contribution in [1.82, 2.24) is 10.2 Å². The van der Waals surface area contributed by atoms with Crippen LogP contribution in [0.15, 0.2) is 30.3 Å². The second kappa shape index (κ2) is 4.34. The highest BCUT2D eigenvalue weighted by atomic mass is 16.2. The molecular formula is C18H22N2O2. The first kappa shape index (κ1) is 13.8. The molecule has 2 heterocycles. The van der Waals surface area contributed by atoms with E-state index in [4.69, 9.17) is 0 Å². The molecule has 22 heavy (non-hydrogen) atoms. The maximum atomic E-state index is 12.7. The molecule has 4 nitrogen and oxygen atoms in total. The van der Waals surface area contributed by atoms with Crippen molar-refractivity contribution in [3.8, 4) is 0 Å². The van der Waals surface area contributed by atoms with Crippen LogP contribution in [0.1, 0.15) is 44.7 Å². The van der Waals surface area contributed by atoms with E-state index < -0.39 is 5.41 Å². The average Bonchev–Trinajstić information content (AvgIpc) is 2.48. The van der Waals surface area contributed by atoms with Crippen LogP contribution in [0.4, 0.5) is 4.79 Å². The maximum Gasteiger partial charge on any atom is 0.318 e. The maximum absolute atomic E-state index is 12.7. The van der Waals surface area contributed by atoms with Crippen molar-refractivity contribution in [2.45, 2.75) is 45.2 Å². The Bertz CT molecular complexity index is 642. The van der Waals surface area contributed by atoms with Gasteiger partial charge in [0.1, 0.15) is 5.78 Å². The number of rotatable bonds is 2. The summed E-state index contributed by atoms with van der Waals surface area (Å²) in [5.41, 5.74) is 0.664. The van der Waals surface area contributed by atoms with Crippen LogP contribution < -0.4 is 5.32 Å². The molecule has 4 atom stereocenters. The highest BCUT2D eigenvalue weighted by molar-refractivity contribution is 5.90. The van der Waals surface area contributed by atoms with Crippen LogP contribution in [-0.4, -0.2) is 29.3 Å². The van der Waals surface area contributed by atoms with Crippen molar-refractivity contribution in [2.75, 3.05) is 6.54 Å². The Labute approximate surface area is 130 Å². The third kappa shape index (κ3) is 1.53. The second-order valence-corrected chi connectivity index (χ2v) is 7.42. The van der Waals surface area contributed by atoms with Crippen molar-refractivity contribution in [3.63, 3.8) is 0 Å². The molecule has 1 unspecified atom stereocenters.